The van der Waals surface area contributed by atoms with Crippen LogP contribution in [0.25, 0.3) is 0 Å². The molecule has 0 atom stereocenters. The summed E-state index contributed by atoms with van der Waals surface area (Å²) in [4.78, 5) is 25.5. The molecule has 0 radical (unpaired) electrons. The van der Waals surface area contributed by atoms with Crippen molar-refractivity contribution in [2.45, 2.75) is 19.3 Å². The SMILES string of the molecule is CNc1cc(CNc2ncsc2CC(=O)Nc2ccc3c(c2)OC(F)(F)O3)nc(Cl)n1. The van der Waals surface area contributed by atoms with E-state index in [0.29, 0.717) is 34.4 Å². The van der Waals surface area contributed by atoms with Gasteiger partial charge in [-0.25, -0.2) is 15.0 Å². The van der Waals surface area contributed by atoms with Gasteiger partial charge in [0.25, 0.3) is 0 Å². The van der Waals surface area contributed by atoms with E-state index in [0.717, 1.165) is 0 Å². The highest BCUT2D eigenvalue weighted by Crippen LogP contribution is 2.42. The van der Waals surface area contributed by atoms with Crippen LogP contribution in [0.4, 0.5) is 26.1 Å². The maximum absolute atomic E-state index is 13.1. The Morgan fingerprint density at radius 3 is 2.84 bits per heavy atom. The first-order valence-electron chi connectivity index (χ1n) is 8.88. The predicted octanol–water partition coefficient (Wildman–Crippen LogP) is 3.74. The number of fused-ring (bicyclic) bond motifs is 1. The van der Waals surface area contributed by atoms with Crippen LogP contribution in [-0.4, -0.2) is 34.2 Å². The second kappa shape index (κ2) is 8.47. The Bertz CT molecular complexity index is 1130. The molecular formula is C18H15ClF2N6O3S. The number of alkyl halides is 2. The third kappa shape index (κ3) is 5.09. The maximum Gasteiger partial charge on any atom is 0.586 e. The van der Waals surface area contributed by atoms with E-state index < -0.39 is 6.29 Å². The first-order chi connectivity index (χ1) is 14.8. The average molecular weight is 469 g/mol. The maximum atomic E-state index is 13.1. The molecule has 3 N–H and O–H groups in total. The van der Waals surface area contributed by atoms with E-state index in [4.69, 9.17) is 11.6 Å². The van der Waals surface area contributed by atoms with Crippen molar-refractivity contribution in [1.29, 1.82) is 0 Å². The van der Waals surface area contributed by atoms with Crippen molar-refractivity contribution >= 4 is 46.2 Å². The molecule has 31 heavy (non-hydrogen) atoms. The largest absolute Gasteiger partial charge is 0.586 e. The average Bonchev–Trinajstić information content (AvgIpc) is 3.27. The molecule has 4 rings (SSSR count). The molecule has 9 nitrogen and oxygen atoms in total. The number of aromatic nitrogens is 3. The summed E-state index contributed by atoms with van der Waals surface area (Å²) in [6.45, 7) is 0.325. The van der Waals surface area contributed by atoms with Crippen molar-refractivity contribution in [2.24, 2.45) is 0 Å². The number of carbonyl (C=O) groups is 1. The second-order valence-electron chi connectivity index (χ2n) is 6.30. The Morgan fingerprint density at radius 1 is 1.23 bits per heavy atom. The van der Waals surface area contributed by atoms with Gasteiger partial charge in [-0.3, -0.25) is 4.79 Å². The highest BCUT2D eigenvalue weighted by atomic mass is 35.5. The van der Waals surface area contributed by atoms with Crippen LogP contribution in [0.2, 0.25) is 5.28 Å². The number of thiazole rings is 1. The fourth-order valence-electron chi connectivity index (χ4n) is 2.78. The van der Waals surface area contributed by atoms with Crippen molar-refractivity contribution in [3.05, 3.63) is 45.6 Å². The fourth-order valence-corrected chi connectivity index (χ4v) is 3.71. The van der Waals surface area contributed by atoms with Crippen molar-refractivity contribution in [2.75, 3.05) is 23.0 Å². The van der Waals surface area contributed by atoms with Gasteiger partial charge in [0, 0.05) is 24.9 Å². The van der Waals surface area contributed by atoms with Crippen molar-refractivity contribution in [1.82, 2.24) is 15.0 Å². The first kappa shape index (κ1) is 21.0. The monoisotopic (exact) mass is 468 g/mol. The molecule has 162 valence electrons. The lowest BCUT2D eigenvalue weighted by atomic mass is 10.2. The lowest BCUT2D eigenvalue weighted by molar-refractivity contribution is -0.286. The molecule has 0 spiro atoms. The molecule has 0 aliphatic carbocycles. The fraction of sp³-hybridized carbons (Fsp3) is 0.222. The number of nitrogens with zero attached hydrogens (tertiary/aromatic N) is 3. The van der Waals surface area contributed by atoms with E-state index in [1.165, 1.54) is 29.5 Å². The minimum atomic E-state index is -3.71. The molecule has 1 aliphatic heterocycles. The molecule has 2 aromatic heterocycles. The Balaban J connectivity index is 1.37. The van der Waals surface area contributed by atoms with Gasteiger partial charge in [0.2, 0.25) is 11.2 Å². The zero-order valence-corrected chi connectivity index (χ0v) is 17.5. The van der Waals surface area contributed by atoms with Gasteiger partial charge in [0.05, 0.1) is 29.0 Å². The van der Waals surface area contributed by atoms with Crippen LogP contribution in [0, 0.1) is 0 Å². The summed E-state index contributed by atoms with van der Waals surface area (Å²) in [6.07, 6.45) is -3.68. The Kier molecular flexibility index (Phi) is 5.74. The van der Waals surface area contributed by atoms with E-state index in [2.05, 4.69) is 40.4 Å². The van der Waals surface area contributed by atoms with E-state index in [-0.39, 0.29) is 29.1 Å². The molecule has 13 heteroatoms. The molecule has 1 amide bonds. The smallest absolute Gasteiger partial charge is 0.395 e. The van der Waals surface area contributed by atoms with Gasteiger partial charge < -0.3 is 25.4 Å². The van der Waals surface area contributed by atoms with Crippen LogP contribution in [0.3, 0.4) is 0 Å². The number of benzene rings is 1. The minimum Gasteiger partial charge on any atom is -0.395 e. The molecular weight excluding hydrogens is 454 g/mol. The predicted molar refractivity (Wildman–Crippen MR) is 111 cm³/mol. The number of anilines is 3. The normalized spacial score (nSPS) is 13.7. The van der Waals surface area contributed by atoms with Crippen LogP contribution in [0.1, 0.15) is 10.6 Å². The van der Waals surface area contributed by atoms with Crippen LogP contribution in [-0.2, 0) is 17.8 Å². The van der Waals surface area contributed by atoms with Gasteiger partial charge in [0.15, 0.2) is 11.5 Å². The zero-order chi connectivity index (χ0) is 22.0. The van der Waals surface area contributed by atoms with Gasteiger partial charge in [0.1, 0.15) is 11.6 Å². The minimum absolute atomic E-state index is 0.0316. The van der Waals surface area contributed by atoms with Crippen LogP contribution in [0.5, 0.6) is 11.5 Å². The van der Waals surface area contributed by atoms with E-state index in [1.807, 2.05) is 0 Å². The first-order valence-corrected chi connectivity index (χ1v) is 10.1. The molecule has 3 heterocycles. The molecule has 3 aromatic rings. The number of rotatable bonds is 7. The number of hydrogen-bond acceptors (Lipinski definition) is 9. The lowest BCUT2D eigenvalue weighted by Crippen LogP contribution is -2.25. The highest BCUT2D eigenvalue weighted by Gasteiger charge is 2.43. The summed E-state index contributed by atoms with van der Waals surface area (Å²) in [7, 11) is 1.72. The number of amides is 1. The van der Waals surface area contributed by atoms with Crippen LogP contribution < -0.4 is 25.4 Å². The summed E-state index contributed by atoms with van der Waals surface area (Å²) >= 11 is 7.21. The zero-order valence-electron chi connectivity index (χ0n) is 15.9. The third-order valence-corrected chi connectivity index (χ3v) is 5.09. The molecule has 1 aromatic carbocycles. The van der Waals surface area contributed by atoms with Gasteiger partial charge in [-0.15, -0.1) is 20.1 Å². The van der Waals surface area contributed by atoms with E-state index >= 15 is 0 Å². The number of halogens is 3. The van der Waals surface area contributed by atoms with Gasteiger partial charge in [-0.1, -0.05) is 0 Å². The van der Waals surface area contributed by atoms with Crippen LogP contribution in [0.15, 0.2) is 29.8 Å². The number of ether oxygens (including phenoxy) is 2. The lowest BCUT2D eigenvalue weighted by Gasteiger charge is -2.08. The van der Waals surface area contributed by atoms with Crippen molar-refractivity contribution < 1.29 is 23.0 Å². The summed E-state index contributed by atoms with van der Waals surface area (Å²) in [6, 6.07) is 5.77. The van der Waals surface area contributed by atoms with E-state index in [1.54, 1.807) is 18.6 Å². The topological polar surface area (TPSA) is 110 Å². The molecule has 0 fully saturated rings. The number of nitrogens with one attached hydrogen (secondary N) is 3. The standard InChI is InChI=1S/C18H15ClF2N6O3S/c1-22-14-5-10(26-17(19)27-14)7-23-16-13(31-8-24-16)6-15(28)25-9-2-3-11-12(4-9)30-18(20,21)29-11/h2-5,8,23H,6-7H2,1H3,(H,25,28)(H,22,26,27). The summed E-state index contributed by atoms with van der Waals surface area (Å²) in [5.74, 6) is 0.526. The van der Waals surface area contributed by atoms with Crippen molar-refractivity contribution in [3.8, 4) is 11.5 Å². The van der Waals surface area contributed by atoms with E-state index in [9.17, 15) is 13.6 Å². The molecule has 1 aliphatic rings. The Morgan fingerprint density at radius 2 is 2.03 bits per heavy atom. The van der Waals surface area contributed by atoms with Crippen molar-refractivity contribution in [3.63, 3.8) is 0 Å². The number of hydrogen-bond donors (Lipinski definition) is 3. The van der Waals surface area contributed by atoms with Gasteiger partial charge >= 0.3 is 6.29 Å². The quantitative estimate of drug-likeness (QED) is 0.450. The highest BCUT2D eigenvalue weighted by molar-refractivity contribution is 7.10. The Labute approximate surface area is 183 Å². The molecule has 0 saturated carbocycles. The summed E-state index contributed by atoms with van der Waals surface area (Å²) in [5, 5.41) is 8.78. The second-order valence-corrected chi connectivity index (χ2v) is 7.57. The molecule has 0 saturated heterocycles. The van der Waals surface area contributed by atoms with Gasteiger partial charge in [-0.05, 0) is 23.7 Å². The number of carbonyl (C=O) groups excluding carboxylic acids is 1. The summed E-state index contributed by atoms with van der Waals surface area (Å²) in [5.41, 5.74) is 2.56. The third-order valence-electron chi connectivity index (χ3n) is 4.09. The van der Waals surface area contributed by atoms with Gasteiger partial charge in [-0.2, -0.15) is 0 Å². The summed E-state index contributed by atoms with van der Waals surface area (Å²) < 4.78 is 35.0. The molecule has 0 bridgehead atoms. The Hall–Kier alpha value is -3.25. The van der Waals surface area contributed by atoms with Crippen LogP contribution >= 0.6 is 22.9 Å². The molecule has 0 unspecified atom stereocenters.